The number of esters is 1. The predicted molar refractivity (Wildman–Crippen MR) is 95.6 cm³/mol. The number of nitrogens with zero attached hydrogens (tertiary/aromatic N) is 1. The van der Waals surface area contributed by atoms with E-state index < -0.39 is 23.7 Å². The standard InChI is InChI=1S/C18H14N2O5S/c1-3-7-20-16(22)11-5-4-10(9-12(11)17(20)23)15(21)19-13-6-8-26-14(13)18(24)25-2/h3-6,8-9H,1,7H2,2H3,(H,19,21). The number of methoxy groups -OCH3 is 1. The summed E-state index contributed by atoms with van der Waals surface area (Å²) in [4.78, 5) is 50.0. The Hall–Kier alpha value is -3.26. The summed E-state index contributed by atoms with van der Waals surface area (Å²) >= 11 is 1.14. The van der Waals surface area contributed by atoms with E-state index in [1.165, 1.54) is 31.4 Å². The van der Waals surface area contributed by atoms with Gasteiger partial charge in [-0.05, 0) is 29.6 Å². The summed E-state index contributed by atoms with van der Waals surface area (Å²) in [7, 11) is 1.26. The van der Waals surface area contributed by atoms with Crippen LogP contribution in [0.15, 0.2) is 42.3 Å². The van der Waals surface area contributed by atoms with Gasteiger partial charge in [0.25, 0.3) is 17.7 Å². The molecular formula is C18H14N2O5S. The average Bonchev–Trinajstić information content (AvgIpc) is 3.20. The van der Waals surface area contributed by atoms with Crippen LogP contribution in [0.2, 0.25) is 0 Å². The number of anilines is 1. The lowest BCUT2D eigenvalue weighted by molar-refractivity contribution is 0.0605. The van der Waals surface area contributed by atoms with Gasteiger partial charge < -0.3 is 10.1 Å². The Balaban J connectivity index is 1.87. The summed E-state index contributed by atoms with van der Waals surface area (Å²) in [6.45, 7) is 3.63. The van der Waals surface area contributed by atoms with Crippen LogP contribution in [-0.2, 0) is 4.74 Å². The zero-order chi connectivity index (χ0) is 18.8. The number of carbonyl (C=O) groups excluding carboxylic acids is 4. The van der Waals surface area contributed by atoms with Gasteiger partial charge in [0.2, 0.25) is 0 Å². The van der Waals surface area contributed by atoms with Gasteiger partial charge in [-0.25, -0.2) is 4.79 Å². The van der Waals surface area contributed by atoms with Crippen LogP contribution in [0.3, 0.4) is 0 Å². The van der Waals surface area contributed by atoms with Crippen LogP contribution in [0, 0.1) is 0 Å². The van der Waals surface area contributed by atoms with Crippen molar-refractivity contribution in [2.24, 2.45) is 0 Å². The van der Waals surface area contributed by atoms with E-state index in [9.17, 15) is 19.2 Å². The number of rotatable bonds is 5. The third-order valence-electron chi connectivity index (χ3n) is 3.83. The molecule has 26 heavy (non-hydrogen) atoms. The van der Waals surface area contributed by atoms with Crippen molar-refractivity contribution in [2.45, 2.75) is 0 Å². The maximum atomic E-state index is 12.5. The Morgan fingerprint density at radius 1 is 1.23 bits per heavy atom. The first-order valence-electron chi connectivity index (χ1n) is 7.56. The van der Waals surface area contributed by atoms with Crippen molar-refractivity contribution < 1.29 is 23.9 Å². The SMILES string of the molecule is C=CCN1C(=O)c2ccc(C(=O)Nc3ccsc3C(=O)OC)cc2C1=O. The molecule has 0 spiro atoms. The van der Waals surface area contributed by atoms with Gasteiger partial charge in [0.05, 0.1) is 23.9 Å². The third kappa shape index (κ3) is 2.91. The quantitative estimate of drug-likeness (QED) is 0.496. The Bertz CT molecular complexity index is 947. The number of imide groups is 1. The van der Waals surface area contributed by atoms with Crippen molar-refractivity contribution in [3.05, 3.63) is 63.9 Å². The third-order valence-corrected chi connectivity index (χ3v) is 4.72. The molecule has 2 heterocycles. The first-order valence-corrected chi connectivity index (χ1v) is 8.44. The molecule has 8 heteroatoms. The van der Waals surface area contributed by atoms with Crippen LogP contribution in [-0.4, -0.2) is 42.2 Å². The molecule has 1 aromatic heterocycles. The normalized spacial score (nSPS) is 12.7. The Morgan fingerprint density at radius 3 is 2.65 bits per heavy atom. The number of fused-ring (bicyclic) bond motifs is 1. The molecule has 0 aliphatic carbocycles. The summed E-state index contributed by atoms with van der Waals surface area (Å²) < 4.78 is 4.67. The molecule has 0 saturated carbocycles. The van der Waals surface area contributed by atoms with Crippen molar-refractivity contribution in [3.8, 4) is 0 Å². The smallest absolute Gasteiger partial charge is 0.350 e. The van der Waals surface area contributed by atoms with Gasteiger partial charge in [0.15, 0.2) is 0 Å². The van der Waals surface area contributed by atoms with Crippen LogP contribution < -0.4 is 5.32 Å². The number of hydrogen-bond donors (Lipinski definition) is 1. The number of thiophene rings is 1. The zero-order valence-electron chi connectivity index (χ0n) is 13.8. The second-order valence-corrected chi connectivity index (χ2v) is 6.30. The van der Waals surface area contributed by atoms with Crippen LogP contribution in [0.1, 0.15) is 40.7 Å². The van der Waals surface area contributed by atoms with Crippen LogP contribution >= 0.6 is 11.3 Å². The van der Waals surface area contributed by atoms with Crippen molar-refractivity contribution in [1.82, 2.24) is 4.90 Å². The molecule has 0 fully saturated rings. The maximum absolute atomic E-state index is 12.5. The van der Waals surface area contributed by atoms with Gasteiger partial charge in [-0.1, -0.05) is 6.08 Å². The molecule has 0 atom stereocenters. The number of carbonyl (C=O) groups is 4. The first kappa shape index (κ1) is 17.6. The molecule has 2 aromatic rings. The molecule has 0 radical (unpaired) electrons. The van der Waals surface area contributed by atoms with Crippen molar-refractivity contribution in [1.29, 1.82) is 0 Å². The highest BCUT2D eigenvalue weighted by molar-refractivity contribution is 7.12. The van der Waals surface area contributed by atoms with Crippen molar-refractivity contribution >= 4 is 40.7 Å². The van der Waals surface area contributed by atoms with Gasteiger partial charge in [0.1, 0.15) is 4.88 Å². The fraction of sp³-hybridized carbons (Fsp3) is 0.111. The summed E-state index contributed by atoms with van der Waals surface area (Å²) in [5, 5.41) is 4.27. The highest BCUT2D eigenvalue weighted by Crippen LogP contribution is 2.26. The second kappa shape index (κ2) is 6.93. The number of ether oxygens (including phenoxy) is 1. The van der Waals surface area contributed by atoms with Crippen LogP contribution in [0.4, 0.5) is 5.69 Å². The fourth-order valence-electron chi connectivity index (χ4n) is 2.58. The molecule has 3 amide bonds. The average molecular weight is 370 g/mol. The molecule has 1 aliphatic heterocycles. The minimum absolute atomic E-state index is 0.102. The number of nitrogens with one attached hydrogen (secondary N) is 1. The maximum Gasteiger partial charge on any atom is 0.350 e. The molecule has 1 aliphatic rings. The molecule has 0 saturated heterocycles. The topological polar surface area (TPSA) is 92.8 Å². The minimum atomic E-state index is -0.551. The second-order valence-electron chi connectivity index (χ2n) is 5.38. The van der Waals surface area contributed by atoms with Gasteiger partial charge >= 0.3 is 5.97 Å². The molecule has 7 nitrogen and oxygen atoms in total. The van der Waals surface area contributed by atoms with Gasteiger partial charge in [-0.3, -0.25) is 19.3 Å². The van der Waals surface area contributed by atoms with Crippen LogP contribution in [0.25, 0.3) is 0 Å². The summed E-state index contributed by atoms with van der Waals surface area (Å²) in [5.74, 6) is -1.93. The molecule has 132 valence electrons. The van der Waals surface area contributed by atoms with E-state index >= 15 is 0 Å². The molecule has 0 bridgehead atoms. The van der Waals surface area contributed by atoms with E-state index in [1.54, 1.807) is 11.4 Å². The van der Waals surface area contributed by atoms with Gasteiger partial charge in [-0.2, -0.15) is 0 Å². The summed E-state index contributed by atoms with van der Waals surface area (Å²) in [6, 6.07) is 5.87. The Morgan fingerprint density at radius 2 is 1.96 bits per heavy atom. The van der Waals surface area contributed by atoms with Gasteiger partial charge in [0, 0.05) is 12.1 Å². The highest BCUT2D eigenvalue weighted by atomic mass is 32.1. The van der Waals surface area contributed by atoms with Gasteiger partial charge in [-0.15, -0.1) is 17.9 Å². The monoisotopic (exact) mass is 370 g/mol. The number of benzene rings is 1. The minimum Gasteiger partial charge on any atom is -0.465 e. The predicted octanol–water partition coefficient (Wildman–Crippen LogP) is 2.57. The molecule has 3 rings (SSSR count). The summed E-state index contributed by atoms with van der Waals surface area (Å²) in [6.07, 6.45) is 1.46. The highest BCUT2D eigenvalue weighted by Gasteiger charge is 2.35. The van der Waals surface area contributed by atoms with Crippen molar-refractivity contribution in [2.75, 3.05) is 19.0 Å². The summed E-state index contributed by atoms with van der Waals surface area (Å²) in [5.41, 5.74) is 0.942. The molecular weight excluding hydrogens is 356 g/mol. The Kier molecular flexibility index (Phi) is 4.68. The lowest BCUT2D eigenvalue weighted by atomic mass is 10.1. The molecule has 0 unspecified atom stereocenters. The van der Waals surface area contributed by atoms with E-state index in [-0.39, 0.29) is 28.1 Å². The van der Waals surface area contributed by atoms with E-state index in [1.807, 2.05) is 0 Å². The zero-order valence-corrected chi connectivity index (χ0v) is 14.6. The van der Waals surface area contributed by atoms with E-state index in [4.69, 9.17) is 0 Å². The van der Waals surface area contributed by atoms with Crippen LogP contribution in [0.5, 0.6) is 0 Å². The largest absolute Gasteiger partial charge is 0.465 e. The Labute approximate surface area is 152 Å². The van der Waals surface area contributed by atoms with Crippen molar-refractivity contribution in [3.63, 3.8) is 0 Å². The number of hydrogen-bond acceptors (Lipinski definition) is 6. The van der Waals surface area contributed by atoms with E-state index in [2.05, 4.69) is 16.6 Å². The van der Waals surface area contributed by atoms with E-state index in [0.29, 0.717) is 5.69 Å². The lowest BCUT2D eigenvalue weighted by Crippen LogP contribution is -2.29. The number of amides is 3. The first-order chi connectivity index (χ1) is 12.5. The fourth-order valence-corrected chi connectivity index (χ4v) is 3.35. The van der Waals surface area contributed by atoms with E-state index in [0.717, 1.165) is 16.2 Å². The molecule has 1 N–H and O–H groups in total. The molecule has 1 aromatic carbocycles. The lowest BCUT2D eigenvalue weighted by Gasteiger charge is -2.09.